The molecular weight excluding hydrogens is 232 g/mol. The fourth-order valence-electron chi connectivity index (χ4n) is 1.59. The maximum Gasteiger partial charge on any atom is 0.0964 e. The van der Waals surface area contributed by atoms with Crippen LogP contribution >= 0.6 is 0 Å². The summed E-state index contributed by atoms with van der Waals surface area (Å²) in [7, 11) is 0. The zero-order valence-corrected chi connectivity index (χ0v) is 11.0. The van der Waals surface area contributed by atoms with Crippen molar-refractivity contribution in [3.05, 3.63) is 11.9 Å². The minimum atomic E-state index is 0.638. The van der Waals surface area contributed by atoms with E-state index in [1.807, 2.05) is 17.8 Å². The lowest BCUT2D eigenvalue weighted by molar-refractivity contribution is 0.0486. The molecule has 1 aliphatic carbocycles. The van der Waals surface area contributed by atoms with E-state index in [9.17, 15) is 0 Å². The summed E-state index contributed by atoms with van der Waals surface area (Å²) in [6.07, 6.45) is 4.56. The van der Waals surface area contributed by atoms with Crippen molar-refractivity contribution in [1.29, 1.82) is 0 Å². The van der Waals surface area contributed by atoms with Crippen molar-refractivity contribution in [1.82, 2.24) is 20.3 Å². The molecule has 1 N–H and O–H groups in total. The first-order valence-electron chi connectivity index (χ1n) is 6.66. The molecule has 1 aromatic heterocycles. The monoisotopic (exact) mass is 254 g/mol. The third kappa shape index (κ3) is 5.12. The van der Waals surface area contributed by atoms with Crippen LogP contribution < -0.4 is 5.32 Å². The highest BCUT2D eigenvalue weighted by Crippen LogP contribution is 2.18. The fraction of sp³-hybridized carbons (Fsp3) is 0.833. The van der Waals surface area contributed by atoms with Gasteiger partial charge in [0.2, 0.25) is 0 Å². The van der Waals surface area contributed by atoms with E-state index in [4.69, 9.17) is 9.47 Å². The highest BCUT2D eigenvalue weighted by atomic mass is 16.5. The summed E-state index contributed by atoms with van der Waals surface area (Å²) in [4.78, 5) is 0. The van der Waals surface area contributed by atoms with E-state index in [0.29, 0.717) is 25.9 Å². The van der Waals surface area contributed by atoms with Crippen LogP contribution in [-0.2, 0) is 22.6 Å². The van der Waals surface area contributed by atoms with Crippen LogP contribution in [0, 0.1) is 0 Å². The molecule has 6 nitrogen and oxygen atoms in total. The molecule has 1 aliphatic rings. The van der Waals surface area contributed by atoms with Crippen LogP contribution in [0.4, 0.5) is 0 Å². The zero-order valence-electron chi connectivity index (χ0n) is 11.0. The molecule has 0 unspecified atom stereocenters. The van der Waals surface area contributed by atoms with Crippen molar-refractivity contribution in [2.45, 2.75) is 38.9 Å². The van der Waals surface area contributed by atoms with Crippen LogP contribution in [0.2, 0.25) is 0 Å². The Morgan fingerprint density at radius 3 is 2.94 bits per heavy atom. The van der Waals surface area contributed by atoms with E-state index in [1.165, 1.54) is 12.8 Å². The second-order valence-electron chi connectivity index (χ2n) is 4.44. The molecule has 0 amide bonds. The molecule has 6 heteroatoms. The molecule has 0 radical (unpaired) electrons. The molecule has 1 aromatic rings. The number of nitrogens with one attached hydrogen (secondary N) is 1. The lowest BCUT2D eigenvalue weighted by Crippen LogP contribution is -2.15. The Labute approximate surface area is 108 Å². The molecule has 0 bridgehead atoms. The number of aromatic nitrogens is 3. The minimum absolute atomic E-state index is 0.638. The van der Waals surface area contributed by atoms with Gasteiger partial charge in [0, 0.05) is 25.4 Å². The van der Waals surface area contributed by atoms with Crippen molar-refractivity contribution in [3.63, 3.8) is 0 Å². The van der Waals surface area contributed by atoms with Gasteiger partial charge < -0.3 is 14.8 Å². The van der Waals surface area contributed by atoms with Gasteiger partial charge in [0.1, 0.15) is 0 Å². The molecule has 0 atom stereocenters. The second kappa shape index (κ2) is 7.45. The molecule has 0 saturated heterocycles. The normalized spacial score (nSPS) is 15.2. The minimum Gasteiger partial charge on any atom is -0.379 e. The maximum absolute atomic E-state index is 5.43. The SMILES string of the molecule is CCOCCOCCn1cc(CNC2CC2)nn1. The second-order valence-corrected chi connectivity index (χ2v) is 4.44. The van der Waals surface area contributed by atoms with Gasteiger partial charge in [0.25, 0.3) is 0 Å². The lowest BCUT2D eigenvalue weighted by Gasteiger charge is -2.03. The standard InChI is InChI=1S/C12H22N4O2/c1-2-17-7-8-18-6-5-16-10-12(14-15-16)9-13-11-3-4-11/h10-11,13H,2-9H2,1H3. The summed E-state index contributed by atoms with van der Waals surface area (Å²) in [5.74, 6) is 0. The summed E-state index contributed by atoms with van der Waals surface area (Å²) in [6, 6.07) is 0.706. The Bertz CT molecular complexity index is 339. The molecule has 102 valence electrons. The van der Waals surface area contributed by atoms with E-state index in [-0.39, 0.29) is 0 Å². The van der Waals surface area contributed by atoms with Crippen molar-refractivity contribution in [2.75, 3.05) is 26.4 Å². The first kappa shape index (κ1) is 13.5. The van der Waals surface area contributed by atoms with Crippen molar-refractivity contribution in [3.8, 4) is 0 Å². The zero-order chi connectivity index (χ0) is 12.6. The van der Waals surface area contributed by atoms with Crippen molar-refractivity contribution >= 4 is 0 Å². The summed E-state index contributed by atoms with van der Waals surface area (Å²) >= 11 is 0. The van der Waals surface area contributed by atoms with Gasteiger partial charge in [-0.25, -0.2) is 4.68 Å². The number of hydrogen-bond donors (Lipinski definition) is 1. The average Bonchev–Trinajstić information content (AvgIpc) is 3.11. The number of hydrogen-bond acceptors (Lipinski definition) is 5. The van der Waals surface area contributed by atoms with Gasteiger partial charge in [-0.2, -0.15) is 0 Å². The molecule has 0 spiro atoms. The van der Waals surface area contributed by atoms with Gasteiger partial charge in [-0.15, -0.1) is 5.10 Å². The molecule has 1 fully saturated rings. The van der Waals surface area contributed by atoms with E-state index >= 15 is 0 Å². The quantitative estimate of drug-likeness (QED) is 0.619. The molecular formula is C12H22N4O2. The molecule has 0 aliphatic heterocycles. The Morgan fingerprint density at radius 1 is 1.33 bits per heavy atom. The van der Waals surface area contributed by atoms with Gasteiger partial charge in [0.05, 0.1) is 32.1 Å². The largest absolute Gasteiger partial charge is 0.379 e. The third-order valence-electron chi connectivity index (χ3n) is 2.78. The Kier molecular flexibility index (Phi) is 5.57. The van der Waals surface area contributed by atoms with E-state index in [0.717, 1.165) is 25.4 Å². The predicted octanol–water partition coefficient (Wildman–Crippen LogP) is 0.583. The number of ether oxygens (including phenoxy) is 2. The molecule has 0 aromatic carbocycles. The number of rotatable bonds is 10. The van der Waals surface area contributed by atoms with E-state index < -0.39 is 0 Å². The van der Waals surface area contributed by atoms with Gasteiger partial charge in [-0.05, 0) is 19.8 Å². The molecule has 18 heavy (non-hydrogen) atoms. The highest BCUT2D eigenvalue weighted by Gasteiger charge is 2.20. The Morgan fingerprint density at radius 2 is 2.17 bits per heavy atom. The van der Waals surface area contributed by atoms with Crippen LogP contribution in [0.15, 0.2) is 6.20 Å². The highest BCUT2D eigenvalue weighted by molar-refractivity contribution is 4.94. The molecule has 2 rings (SSSR count). The van der Waals surface area contributed by atoms with Crippen molar-refractivity contribution < 1.29 is 9.47 Å². The molecule has 1 saturated carbocycles. The predicted molar refractivity (Wildman–Crippen MR) is 67.2 cm³/mol. The van der Waals surface area contributed by atoms with Gasteiger partial charge in [0.15, 0.2) is 0 Å². The van der Waals surface area contributed by atoms with Crippen molar-refractivity contribution in [2.24, 2.45) is 0 Å². The number of nitrogens with zero attached hydrogens (tertiary/aromatic N) is 3. The average molecular weight is 254 g/mol. The topological polar surface area (TPSA) is 61.2 Å². The maximum atomic E-state index is 5.43. The first-order chi connectivity index (χ1) is 8.88. The van der Waals surface area contributed by atoms with E-state index in [1.54, 1.807) is 0 Å². The van der Waals surface area contributed by atoms with Gasteiger partial charge in [-0.3, -0.25) is 0 Å². The molecule has 1 heterocycles. The van der Waals surface area contributed by atoms with Crippen LogP contribution in [0.1, 0.15) is 25.5 Å². The summed E-state index contributed by atoms with van der Waals surface area (Å²) < 4.78 is 12.4. The third-order valence-corrected chi connectivity index (χ3v) is 2.78. The smallest absolute Gasteiger partial charge is 0.0964 e. The van der Waals surface area contributed by atoms with E-state index in [2.05, 4.69) is 15.6 Å². The fourth-order valence-corrected chi connectivity index (χ4v) is 1.59. The Balaban J connectivity index is 1.54. The first-order valence-corrected chi connectivity index (χ1v) is 6.66. The lowest BCUT2D eigenvalue weighted by atomic mass is 10.4. The van der Waals surface area contributed by atoms with Gasteiger partial charge in [-0.1, -0.05) is 5.21 Å². The van der Waals surface area contributed by atoms with Crippen LogP contribution in [0.5, 0.6) is 0 Å². The summed E-state index contributed by atoms with van der Waals surface area (Å²) in [6.45, 7) is 6.21. The summed E-state index contributed by atoms with van der Waals surface area (Å²) in [5.41, 5.74) is 0.996. The van der Waals surface area contributed by atoms with Crippen LogP contribution in [0.25, 0.3) is 0 Å². The summed E-state index contributed by atoms with van der Waals surface area (Å²) in [5, 5.41) is 11.6. The van der Waals surface area contributed by atoms with Crippen LogP contribution in [0.3, 0.4) is 0 Å². The Hall–Kier alpha value is -0.980. The van der Waals surface area contributed by atoms with Crippen LogP contribution in [-0.4, -0.2) is 47.5 Å². The van der Waals surface area contributed by atoms with Gasteiger partial charge >= 0.3 is 0 Å².